The van der Waals surface area contributed by atoms with Crippen LogP contribution in [-0.4, -0.2) is 31.5 Å². The standard InChI is InChI=1S/C26H23ClN2O5/c1-3-34-26(32)19-6-12-21(13-7-19)28-25(31)23(16-17-4-10-20(27)11-5-17)29-24(30)18-8-14-22(33-2)15-9-18/h4-16H,3H2,1-2H3,(H,28,31)(H,29,30)/b23-16-. The van der Waals surface area contributed by atoms with Crippen molar-refractivity contribution < 1.29 is 23.9 Å². The van der Waals surface area contributed by atoms with Crippen LogP contribution in [0, 0.1) is 0 Å². The maximum Gasteiger partial charge on any atom is 0.338 e. The van der Waals surface area contributed by atoms with Gasteiger partial charge in [0.1, 0.15) is 11.4 Å². The van der Waals surface area contributed by atoms with Crippen LogP contribution in [0.1, 0.15) is 33.2 Å². The van der Waals surface area contributed by atoms with Crippen molar-refractivity contribution in [3.63, 3.8) is 0 Å². The Labute approximate surface area is 202 Å². The lowest BCUT2D eigenvalue weighted by Gasteiger charge is -2.12. The van der Waals surface area contributed by atoms with E-state index in [1.807, 2.05) is 0 Å². The molecule has 174 valence electrons. The summed E-state index contributed by atoms with van der Waals surface area (Å²) in [5.41, 5.74) is 1.86. The number of halogens is 1. The molecule has 7 nitrogen and oxygen atoms in total. The molecule has 3 aromatic rings. The predicted molar refractivity (Wildman–Crippen MR) is 131 cm³/mol. The smallest absolute Gasteiger partial charge is 0.338 e. The first kappa shape index (κ1) is 24.5. The zero-order valence-corrected chi connectivity index (χ0v) is 19.4. The molecule has 0 spiro atoms. The van der Waals surface area contributed by atoms with E-state index in [2.05, 4.69) is 10.6 Å². The minimum absolute atomic E-state index is 0.0256. The summed E-state index contributed by atoms with van der Waals surface area (Å²) in [6, 6.07) is 19.6. The van der Waals surface area contributed by atoms with Crippen molar-refractivity contribution in [2.75, 3.05) is 19.0 Å². The highest BCUT2D eigenvalue weighted by Crippen LogP contribution is 2.16. The van der Waals surface area contributed by atoms with E-state index in [0.717, 1.165) is 0 Å². The average molecular weight is 479 g/mol. The Hall–Kier alpha value is -4.10. The first-order chi connectivity index (χ1) is 16.4. The fourth-order valence-electron chi connectivity index (χ4n) is 2.92. The van der Waals surface area contributed by atoms with Crippen LogP contribution in [0.15, 0.2) is 78.5 Å². The number of anilines is 1. The molecule has 0 heterocycles. The summed E-state index contributed by atoms with van der Waals surface area (Å²) in [7, 11) is 1.53. The van der Waals surface area contributed by atoms with E-state index in [4.69, 9.17) is 21.1 Å². The number of benzene rings is 3. The third kappa shape index (κ3) is 6.70. The number of esters is 1. The maximum absolute atomic E-state index is 13.0. The van der Waals surface area contributed by atoms with E-state index >= 15 is 0 Å². The van der Waals surface area contributed by atoms with E-state index < -0.39 is 17.8 Å². The van der Waals surface area contributed by atoms with E-state index in [1.54, 1.807) is 85.8 Å². The molecule has 0 aliphatic rings. The molecule has 0 saturated heterocycles. The molecule has 0 aliphatic carbocycles. The molecule has 3 rings (SSSR count). The Morgan fingerprint density at radius 1 is 0.882 bits per heavy atom. The van der Waals surface area contributed by atoms with E-state index in [1.165, 1.54) is 7.11 Å². The normalized spacial score (nSPS) is 10.9. The number of hydrogen-bond acceptors (Lipinski definition) is 5. The summed E-state index contributed by atoms with van der Waals surface area (Å²) >= 11 is 5.95. The number of carbonyl (C=O) groups is 3. The highest BCUT2D eigenvalue weighted by molar-refractivity contribution is 6.30. The third-order valence-electron chi connectivity index (χ3n) is 4.68. The molecular formula is C26H23ClN2O5. The Morgan fingerprint density at radius 2 is 1.50 bits per heavy atom. The van der Waals surface area contributed by atoms with Crippen LogP contribution >= 0.6 is 11.6 Å². The second-order valence-electron chi connectivity index (χ2n) is 7.04. The van der Waals surface area contributed by atoms with Gasteiger partial charge in [-0.2, -0.15) is 0 Å². The predicted octanol–water partition coefficient (Wildman–Crippen LogP) is 4.93. The summed E-state index contributed by atoms with van der Waals surface area (Å²) in [5, 5.41) is 5.94. The van der Waals surface area contributed by atoms with E-state index in [0.29, 0.717) is 33.1 Å². The molecule has 0 saturated carbocycles. The number of ether oxygens (including phenoxy) is 2. The summed E-state index contributed by atoms with van der Waals surface area (Å²) in [5.74, 6) is -0.843. The van der Waals surface area contributed by atoms with Crippen molar-refractivity contribution in [2.24, 2.45) is 0 Å². The summed E-state index contributed by atoms with van der Waals surface area (Å²) in [4.78, 5) is 37.7. The maximum atomic E-state index is 13.0. The zero-order chi connectivity index (χ0) is 24.5. The number of rotatable bonds is 8. The fourth-order valence-corrected chi connectivity index (χ4v) is 3.05. The van der Waals surface area contributed by atoms with Crippen LogP contribution in [0.2, 0.25) is 5.02 Å². The Kier molecular flexibility index (Phi) is 8.43. The first-order valence-corrected chi connectivity index (χ1v) is 10.8. The first-order valence-electron chi connectivity index (χ1n) is 10.4. The van der Waals surface area contributed by atoms with Crippen molar-refractivity contribution in [3.8, 4) is 5.75 Å². The number of methoxy groups -OCH3 is 1. The van der Waals surface area contributed by atoms with Gasteiger partial charge in [-0.05, 0) is 79.2 Å². The van der Waals surface area contributed by atoms with Gasteiger partial charge in [-0.3, -0.25) is 9.59 Å². The van der Waals surface area contributed by atoms with Gasteiger partial charge in [0, 0.05) is 16.3 Å². The average Bonchev–Trinajstić information content (AvgIpc) is 2.85. The van der Waals surface area contributed by atoms with Gasteiger partial charge in [0.25, 0.3) is 11.8 Å². The largest absolute Gasteiger partial charge is 0.497 e. The monoisotopic (exact) mass is 478 g/mol. The summed E-state index contributed by atoms with van der Waals surface area (Å²) < 4.78 is 10.1. The van der Waals surface area contributed by atoms with Crippen molar-refractivity contribution in [2.45, 2.75) is 6.92 Å². The Balaban J connectivity index is 1.82. The number of hydrogen-bond donors (Lipinski definition) is 2. The molecule has 2 amide bonds. The van der Waals surface area contributed by atoms with Crippen LogP contribution in [0.25, 0.3) is 6.08 Å². The van der Waals surface area contributed by atoms with Crippen LogP contribution in [0.3, 0.4) is 0 Å². The summed E-state index contributed by atoms with van der Waals surface area (Å²) in [6.45, 7) is 1.99. The van der Waals surface area contributed by atoms with Gasteiger partial charge < -0.3 is 20.1 Å². The van der Waals surface area contributed by atoms with Gasteiger partial charge in [0.15, 0.2) is 0 Å². The molecular weight excluding hydrogens is 456 g/mol. The topological polar surface area (TPSA) is 93.7 Å². The van der Waals surface area contributed by atoms with Crippen molar-refractivity contribution in [1.29, 1.82) is 0 Å². The van der Waals surface area contributed by atoms with Gasteiger partial charge >= 0.3 is 5.97 Å². The second-order valence-corrected chi connectivity index (χ2v) is 7.48. The molecule has 0 radical (unpaired) electrons. The van der Waals surface area contributed by atoms with Gasteiger partial charge in [0.2, 0.25) is 0 Å². The molecule has 2 N–H and O–H groups in total. The van der Waals surface area contributed by atoms with E-state index in [-0.39, 0.29) is 12.3 Å². The Bertz CT molecular complexity index is 1190. The number of carbonyl (C=O) groups excluding carboxylic acids is 3. The molecule has 34 heavy (non-hydrogen) atoms. The molecule has 0 atom stereocenters. The highest BCUT2D eigenvalue weighted by atomic mass is 35.5. The fraction of sp³-hybridized carbons (Fsp3) is 0.115. The second kappa shape index (κ2) is 11.7. The van der Waals surface area contributed by atoms with Crippen LogP contribution < -0.4 is 15.4 Å². The lowest BCUT2D eigenvalue weighted by Crippen LogP contribution is -2.30. The van der Waals surface area contributed by atoms with Gasteiger partial charge in [-0.15, -0.1) is 0 Å². The van der Waals surface area contributed by atoms with Crippen molar-refractivity contribution >= 4 is 41.1 Å². The molecule has 0 aliphatic heterocycles. The number of nitrogens with one attached hydrogen (secondary N) is 2. The van der Waals surface area contributed by atoms with E-state index in [9.17, 15) is 14.4 Å². The molecule has 0 aromatic heterocycles. The van der Waals surface area contributed by atoms with Gasteiger partial charge in [0.05, 0.1) is 19.3 Å². The molecule has 0 unspecified atom stereocenters. The quantitative estimate of drug-likeness (QED) is 0.353. The van der Waals surface area contributed by atoms with Crippen molar-refractivity contribution in [3.05, 3.63) is 100 Å². The van der Waals surface area contributed by atoms with Crippen LogP contribution in [0.5, 0.6) is 5.75 Å². The minimum Gasteiger partial charge on any atom is -0.497 e. The zero-order valence-electron chi connectivity index (χ0n) is 18.6. The number of amides is 2. The Morgan fingerprint density at radius 3 is 2.09 bits per heavy atom. The lowest BCUT2D eigenvalue weighted by molar-refractivity contribution is -0.113. The highest BCUT2D eigenvalue weighted by Gasteiger charge is 2.16. The third-order valence-corrected chi connectivity index (χ3v) is 4.93. The molecule has 8 heteroatoms. The van der Waals surface area contributed by atoms with Crippen molar-refractivity contribution in [1.82, 2.24) is 5.32 Å². The SMILES string of the molecule is CCOC(=O)c1ccc(NC(=O)/C(=C/c2ccc(Cl)cc2)NC(=O)c2ccc(OC)cc2)cc1. The molecule has 0 bridgehead atoms. The van der Waals surface area contributed by atoms with Gasteiger partial charge in [-0.1, -0.05) is 23.7 Å². The van der Waals surface area contributed by atoms with Crippen LogP contribution in [0.4, 0.5) is 5.69 Å². The molecule has 3 aromatic carbocycles. The molecule has 0 fully saturated rings. The lowest BCUT2D eigenvalue weighted by atomic mass is 10.1. The van der Waals surface area contributed by atoms with Gasteiger partial charge in [-0.25, -0.2) is 4.79 Å². The summed E-state index contributed by atoms with van der Waals surface area (Å²) in [6.07, 6.45) is 1.54. The minimum atomic E-state index is -0.541. The van der Waals surface area contributed by atoms with Crippen LogP contribution in [-0.2, 0) is 9.53 Å².